The number of hydrogen-bond donors (Lipinski definition) is 1. The van der Waals surface area contributed by atoms with Gasteiger partial charge in [-0.2, -0.15) is 0 Å². The molecular formula is C16H30N4. The van der Waals surface area contributed by atoms with Gasteiger partial charge in [-0.3, -0.25) is 4.90 Å². The first-order valence-corrected chi connectivity index (χ1v) is 7.92. The molecule has 114 valence electrons. The van der Waals surface area contributed by atoms with Gasteiger partial charge in [0.2, 0.25) is 0 Å². The lowest BCUT2D eigenvalue weighted by Gasteiger charge is -2.47. The zero-order valence-corrected chi connectivity index (χ0v) is 13.5. The van der Waals surface area contributed by atoms with E-state index in [1.807, 2.05) is 6.20 Å². The summed E-state index contributed by atoms with van der Waals surface area (Å²) in [5.74, 6) is 2.51. The van der Waals surface area contributed by atoms with Crippen LogP contribution in [-0.4, -0.2) is 33.1 Å². The Bertz CT molecular complexity index is 412. The van der Waals surface area contributed by atoms with Gasteiger partial charge >= 0.3 is 0 Å². The lowest BCUT2D eigenvalue weighted by Crippen LogP contribution is -2.57. The van der Waals surface area contributed by atoms with Gasteiger partial charge in [-0.1, -0.05) is 27.7 Å². The summed E-state index contributed by atoms with van der Waals surface area (Å²) < 4.78 is 2.27. The molecule has 0 radical (unpaired) electrons. The van der Waals surface area contributed by atoms with Crippen LogP contribution < -0.4 is 5.73 Å². The normalized spacial score (nSPS) is 16.9. The highest BCUT2D eigenvalue weighted by molar-refractivity contribution is 5.01. The molecule has 0 fully saturated rings. The fourth-order valence-electron chi connectivity index (χ4n) is 3.74. The summed E-state index contributed by atoms with van der Waals surface area (Å²) in [4.78, 5) is 7.09. The minimum Gasteiger partial charge on any atom is -0.333 e. The van der Waals surface area contributed by atoms with Crippen molar-refractivity contribution < 1.29 is 0 Å². The molecule has 2 N–H and O–H groups in total. The summed E-state index contributed by atoms with van der Waals surface area (Å²) in [7, 11) is 0. The van der Waals surface area contributed by atoms with Crippen molar-refractivity contribution in [1.29, 1.82) is 0 Å². The minimum atomic E-state index is 0.125. The topological polar surface area (TPSA) is 47.1 Å². The maximum Gasteiger partial charge on any atom is 0.122 e. The molecule has 0 saturated carbocycles. The quantitative estimate of drug-likeness (QED) is 0.869. The SMILES string of the molecule is CC(C)CC(CN)(CC(C)C)N1CCn2ccnc2C1. The maximum atomic E-state index is 6.26. The number of fused-ring (bicyclic) bond motifs is 1. The van der Waals surface area contributed by atoms with Crippen molar-refractivity contribution in [3.63, 3.8) is 0 Å². The highest BCUT2D eigenvalue weighted by Crippen LogP contribution is 2.33. The number of nitrogens with two attached hydrogens (primary N) is 1. The molecule has 2 rings (SSSR count). The standard InChI is InChI=1S/C16H30N4/c1-13(2)9-16(12-17,10-14(3)4)20-8-7-19-6-5-18-15(19)11-20/h5-6,13-14H,7-12,17H2,1-4H3. The van der Waals surface area contributed by atoms with E-state index in [0.29, 0.717) is 11.8 Å². The molecule has 1 aromatic rings. The first kappa shape index (κ1) is 15.5. The van der Waals surface area contributed by atoms with E-state index in [1.165, 1.54) is 18.7 Å². The third-order valence-corrected chi connectivity index (χ3v) is 4.37. The van der Waals surface area contributed by atoms with E-state index in [2.05, 4.69) is 48.3 Å². The third kappa shape index (κ3) is 3.23. The molecule has 0 aromatic carbocycles. The van der Waals surface area contributed by atoms with Gasteiger partial charge in [0.1, 0.15) is 5.82 Å². The van der Waals surface area contributed by atoms with E-state index in [1.54, 1.807) is 0 Å². The van der Waals surface area contributed by atoms with E-state index in [4.69, 9.17) is 5.73 Å². The van der Waals surface area contributed by atoms with E-state index in [9.17, 15) is 0 Å². The first-order chi connectivity index (χ1) is 9.47. The molecule has 20 heavy (non-hydrogen) atoms. The Labute approximate surface area is 123 Å². The van der Waals surface area contributed by atoms with Crippen LogP contribution in [0.15, 0.2) is 12.4 Å². The molecule has 4 heteroatoms. The average Bonchev–Trinajstić information content (AvgIpc) is 2.83. The Morgan fingerprint density at radius 3 is 2.40 bits per heavy atom. The largest absolute Gasteiger partial charge is 0.333 e. The first-order valence-electron chi connectivity index (χ1n) is 7.92. The fraction of sp³-hybridized carbons (Fsp3) is 0.812. The smallest absolute Gasteiger partial charge is 0.122 e. The highest BCUT2D eigenvalue weighted by atomic mass is 15.3. The summed E-state index contributed by atoms with van der Waals surface area (Å²) >= 11 is 0. The Morgan fingerprint density at radius 2 is 1.85 bits per heavy atom. The highest BCUT2D eigenvalue weighted by Gasteiger charge is 2.38. The van der Waals surface area contributed by atoms with Crippen molar-refractivity contribution in [2.24, 2.45) is 17.6 Å². The van der Waals surface area contributed by atoms with Gasteiger partial charge in [0.05, 0.1) is 6.54 Å². The van der Waals surface area contributed by atoms with E-state index in [0.717, 1.165) is 26.2 Å². The van der Waals surface area contributed by atoms with Crippen molar-refractivity contribution in [2.45, 2.75) is 59.2 Å². The second kappa shape index (κ2) is 6.27. The predicted molar refractivity (Wildman–Crippen MR) is 83.3 cm³/mol. The molecule has 0 saturated heterocycles. The van der Waals surface area contributed by atoms with E-state index >= 15 is 0 Å². The lowest BCUT2D eigenvalue weighted by molar-refractivity contribution is 0.0288. The molecule has 0 spiro atoms. The molecule has 0 unspecified atom stereocenters. The summed E-state index contributed by atoms with van der Waals surface area (Å²) in [6, 6.07) is 0. The van der Waals surface area contributed by atoms with Gasteiger partial charge < -0.3 is 10.3 Å². The molecule has 0 amide bonds. The van der Waals surface area contributed by atoms with Crippen LogP contribution in [0.5, 0.6) is 0 Å². The number of nitrogens with zero attached hydrogens (tertiary/aromatic N) is 3. The van der Waals surface area contributed by atoms with E-state index < -0.39 is 0 Å². The lowest BCUT2D eigenvalue weighted by atomic mass is 9.80. The molecule has 0 bridgehead atoms. The van der Waals surface area contributed by atoms with Crippen molar-refractivity contribution in [3.05, 3.63) is 18.2 Å². The fourth-order valence-corrected chi connectivity index (χ4v) is 3.74. The zero-order valence-electron chi connectivity index (χ0n) is 13.5. The van der Waals surface area contributed by atoms with Crippen LogP contribution in [-0.2, 0) is 13.1 Å². The Balaban J connectivity index is 2.22. The van der Waals surface area contributed by atoms with Crippen LogP contribution in [0.3, 0.4) is 0 Å². The predicted octanol–water partition coefficient (Wildman–Crippen LogP) is 2.49. The van der Waals surface area contributed by atoms with Crippen LogP contribution in [0, 0.1) is 11.8 Å². The van der Waals surface area contributed by atoms with Gasteiger partial charge in [0.25, 0.3) is 0 Å². The van der Waals surface area contributed by atoms with E-state index in [-0.39, 0.29) is 5.54 Å². The molecule has 1 aliphatic heterocycles. The van der Waals surface area contributed by atoms with Crippen LogP contribution in [0.2, 0.25) is 0 Å². The summed E-state index contributed by atoms with van der Waals surface area (Å²) in [5.41, 5.74) is 6.39. The molecule has 1 aromatic heterocycles. The zero-order chi connectivity index (χ0) is 14.8. The average molecular weight is 278 g/mol. The van der Waals surface area contributed by atoms with Crippen LogP contribution in [0.4, 0.5) is 0 Å². The number of imidazole rings is 1. The number of hydrogen-bond acceptors (Lipinski definition) is 3. The van der Waals surface area contributed by atoms with Gasteiger partial charge in [-0.05, 0) is 24.7 Å². The molecule has 2 heterocycles. The van der Waals surface area contributed by atoms with Crippen LogP contribution in [0.25, 0.3) is 0 Å². The van der Waals surface area contributed by atoms with Crippen LogP contribution >= 0.6 is 0 Å². The molecule has 0 aliphatic carbocycles. The molecular weight excluding hydrogens is 248 g/mol. The third-order valence-electron chi connectivity index (χ3n) is 4.37. The summed E-state index contributed by atoms with van der Waals surface area (Å²) in [5, 5.41) is 0. The van der Waals surface area contributed by atoms with Gasteiger partial charge in [-0.15, -0.1) is 0 Å². The summed E-state index contributed by atoms with van der Waals surface area (Å²) in [6.45, 7) is 13.0. The molecule has 1 aliphatic rings. The van der Waals surface area contributed by atoms with Gasteiger partial charge in [-0.25, -0.2) is 4.98 Å². The van der Waals surface area contributed by atoms with Crippen molar-refractivity contribution >= 4 is 0 Å². The monoisotopic (exact) mass is 278 g/mol. The Hall–Kier alpha value is -0.870. The van der Waals surface area contributed by atoms with Gasteiger partial charge in [0.15, 0.2) is 0 Å². The molecule has 0 atom stereocenters. The maximum absolute atomic E-state index is 6.26. The number of rotatable bonds is 6. The molecule has 4 nitrogen and oxygen atoms in total. The van der Waals surface area contributed by atoms with Crippen molar-refractivity contribution in [3.8, 4) is 0 Å². The second-order valence-electron chi connectivity index (χ2n) is 7.08. The number of aromatic nitrogens is 2. The van der Waals surface area contributed by atoms with Gasteiger partial charge in [0, 0.05) is 37.6 Å². The minimum absolute atomic E-state index is 0.125. The Morgan fingerprint density at radius 1 is 1.20 bits per heavy atom. The Kier molecular flexibility index (Phi) is 4.86. The van der Waals surface area contributed by atoms with Crippen molar-refractivity contribution in [2.75, 3.05) is 13.1 Å². The second-order valence-corrected chi connectivity index (χ2v) is 7.08. The summed E-state index contributed by atoms with van der Waals surface area (Å²) in [6.07, 6.45) is 6.33. The van der Waals surface area contributed by atoms with Crippen molar-refractivity contribution in [1.82, 2.24) is 14.5 Å². The van der Waals surface area contributed by atoms with Crippen LogP contribution in [0.1, 0.15) is 46.4 Å².